The molecule has 2 N–H and O–H groups in total. The SMILES string of the molecule is CCCCOC(=O)c1cc(N)c(N2CCN(CC)CC2)c(Cl)c1. The molecule has 0 saturated carbocycles. The number of halogens is 1. The molecule has 1 saturated heterocycles. The van der Waals surface area contributed by atoms with Crippen LogP contribution in [0.5, 0.6) is 0 Å². The highest BCUT2D eigenvalue weighted by atomic mass is 35.5. The number of ether oxygens (including phenoxy) is 1. The third-order valence-corrected chi connectivity index (χ3v) is 4.48. The first kappa shape index (κ1) is 17.9. The Hall–Kier alpha value is -1.46. The maximum atomic E-state index is 12.0. The lowest BCUT2D eigenvalue weighted by Crippen LogP contribution is -2.46. The Morgan fingerprint density at radius 1 is 1.26 bits per heavy atom. The van der Waals surface area contributed by atoms with Crippen molar-refractivity contribution in [3.05, 3.63) is 22.7 Å². The Bertz CT molecular complexity index is 520. The number of hydrogen-bond donors (Lipinski definition) is 1. The van der Waals surface area contributed by atoms with Gasteiger partial charge in [-0.1, -0.05) is 31.9 Å². The smallest absolute Gasteiger partial charge is 0.338 e. The molecule has 0 aromatic heterocycles. The Morgan fingerprint density at radius 3 is 2.52 bits per heavy atom. The normalized spacial score (nSPS) is 15.7. The minimum atomic E-state index is -0.366. The summed E-state index contributed by atoms with van der Waals surface area (Å²) in [5.41, 5.74) is 7.94. The van der Waals surface area contributed by atoms with Crippen LogP contribution in [0.2, 0.25) is 5.02 Å². The van der Waals surface area contributed by atoms with Gasteiger partial charge in [0.1, 0.15) is 0 Å². The van der Waals surface area contributed by atoms with E-state index in [0.29, 0.717) is 22.9 Å². The van der Waals surface area contributed by atoms with Crippen molar-refractivity contribution < 1.29 is 9.53 Å². The molecular formula is C17H26ClN3O2. The highest BCUT2D eigenvalue weighted by molar-refractivity contribution is 6.34. The van der Waals surface area contributed by atoms with Crippen molar-refractivity contribution >= 4 is 28.9 Å². The molecule has 128 valence electrons. The van der Waals surface area contributed by atoms with Gasteiger partial charge in [0.05, 0.1) is 28.6 Å². The zero-order valence-corrected chi connectivity index (χ0v) is 14.7. The van der Waals surface area contributed by atoms with Crippen molar-refractivity contribution in [2.75, 3.05) is 50.0 Å². The van der Waals surface area contributed by atoms with E-state index in [2.05, 4.69) is 23.6 Å². The monoisotopic (exact) mass is 339 g/mol. The fourth-order valence-electron chi connectivity index (χ4n) is 2.75. The van der Waals surface area contributed by atoms with Crippen molar-refractivity contribution in [3.63, 3.8) is 0 Å². The summed E-state index contributed by atoms with van der Waals surface area (Å²) in [5.74, 6) is -0.366. The molecule has 1 aromatic rings. The van der Waals surface area contributed by atoms with Crippen LogP contribution in [0.1, 0.15) is 37.0 Å². The quantitative estimate of drug-likeness (QED) is 0.490. The van der Waals surface area contributed by atoms with Gasteiger partial charge in [-0.05, 0) is 25.1 Å². The summed E-state index contributed by atoms with van der Waals surface area (Å²) in [7, 11) is 0. The standard InChI is InChI=1S/C17H26ClN3O2/c1-3-5-10-23-17(22)13-11-14(18)16(15(19)12-13)21-8-6-20(4-2)7-9-21/h11-12H,3-10,19H2,1-2H3. The van der Waals surface area contributed by atoms with E-state index >= 15 is 0 Å². The van der Waals surface area contributed by atoms with E-state index in [1.165, 1.54) is 0 Å². The molecule has 0 bridgehead atoms. The third kappa shape index (κ3) is 4.52. The van der Waals surface area contributed by atoms with Crippen molar-refractivity contribution in [1.82, 2.24) is 4.90 Å². The molecular weight excluding hydrogens is 314 g/mol. The number of nitrogens with two attached hydrogens (primary N) is 1. The number of anilines is 2. The van der Waals surface area contributed by atoms with Crippen LogP contribution in [0.15, 0.2) is 12.1 Å². The number of carbonyl (C=O) groups is 1. The Morgan fingerprint density at radius 2 is 1.96 bits per heavy atom. The van der Waals surface area contributed by atoms with Crippen LogP contribution in [0.4, 0.5) is 11.4 Å². The molecule has 0 spiro atoms. The molecule has 0 radical (unpaired) electrons. The summed E-state index contributed by atoms with van der Waals surface area (Å²) in [6.07, 6.45) is 1.84. The molecule has 1 heterocycles. The van der Waals surface area contributed by atoms with Gasteiger partial charge in [0.2, 0.25) is 0 Å². The highest BCUT2D eigenvalue weighted by Gasteiger charge is 2.21. The van der Waals surface area contributed by atoms with Crippen LogP contribution < -0.4 is 10.6 Å². The molecule has 5 nitrogen and oxygen atoms in total. The number of hydrogen-bond acceptors (Lipinski definition) is 5. The molecule has 23 heavy (non-hydrogen) atoms. The van der Waals surface area contributed by atoms with Crippen molar-refractivity contribution in [2.45, 2.75) is 26.7 Å². The van der Waals surface area contributed by atoms with Crippen LogP contribution in [0, 0.1) is 0 Å². The van der Waals surface area contributed by atoms with Gasteiger partial charge in [-0.3, -0.25) is 0 Å². The molecule has 2 rings (SSSR count). The zero-order valence-electron chi connectivity index (χ0n) is 14.0. The van der Waals surface area contributed by atoms with Gasteiger partial charge in [0.25, 0.3) is 0 Å². The summed E-state index contributed by atoms with van der Waals surface area (Å²) in [6, 6.07) is 3.33. The number of nitrogens with zero attached hydrogens (tertiary/aromatic N) is 2. The summed E-state index contributed by atoms with van der Waals surface area (Å²) in [6.45, 7) is 9.45. The van der Waals surface area contributed by atoms with Gasteiger partial charge in [0, 0.05) is 26.2 Å². The van der Waals surface area contributed by atoms with Gasteiger partial charge < -0.3 is 20.3 Å². The van der Waals surface area contributed by atoms with Gasteiger partial charge in [-0.15, -0.1) is 0 Å². The summed E-state index contributed by atoms with van der Waals surface area (Å²) < 4.78 is 5.22. The average molecular weight is 340 g/mol. The number of likely N-dealkylation sites (N-methyl/N-ethyl adjacent to an activating group) is 1. The lowest BCUT2D eigenvalue weighted by molar-refractivity contribution is 0.0500. The minimum Gasteiger partial charge on any atom is -0.462 e. The third-order valence-electron chi connectivity index (χ3n) is 4.20. The molecule has 0 unspecified atom stereocenters. The first-order chi connectivity index (χ1) is 11.1. The van der Waals surface area contributed by atoms with Gasteiger partial charge in [0.15, 0.2) is 0 Å². The van der Waals surface area contributed by atoms with Crippen molar-refractivity contribution in [3.8, 4) is 0 Å². The molecule has 1 fully saturated rings. The van der Waals surface area contributed by atoms with E-state index in [4.69, 9.17) is 22.1 Å². The van der Waals surface area contributed by atoms with Gasteiger partial charge in [-0.2, -0.15) is 0 Å². The minimum absolute atomic E-state index is 0.366. The summed E-state index contributed by atoms with van der Waals surface area (Å²) in [5, 5.41) is 0.511. The number of unbranched alkanes of at least 4 members (excludes halogenated alkanes) is 1. The number of nitrogen functional groups attached to an aromatic ring is 1. The number of esters is 1. The maximum Gasteiger partial charge on any atom is 0.338 e. The lowest BCUT2D eigenvalue weighted by atomic mass is 10.1. The lowest BCUT2D eigenvalue weighted by Gasteiger charge is -2.36. The van der Waals surface area contributed by atoms with Crippen LogP contribution in [0.25, 0.3) is 0 Å². The second-order valence-electron chi connectivity index (χ2n) is 5.81. The van der Waals surface area contributed by atoms with E-state index in [1.807, 2.05) is 0 Å². The summed E-state index contributed by atoms with van der Waals surface area (Å²) >= 11 is 6.40. The van der Waals surface area contributed by atoms with E-state index < -0.39 is 0 Å². The Balaban J connectivity index is 2.10. The van der Waals surface area contributed by atoms with Gasteiger partial charge in [-0.25, -0.2) is 4.79 Å². The zero-order chi connectivity index (χ0) is 16.8. The molecule has 1 aliphatic rings. The van der Waals surface area contributed by atoms with Crippen LogP contribution in [-0.2, 0) is 4.74 Å². The predicted molar refractivity (Wildman–Crippen MR) is 95.4 cm³/mol. The highest BCUT2D eigenvalue weighted by Crippen LogP contribution is 2.34. The molecule has 0 amide bonds. The second kappa shape index (κ2) is 8.41. The first-order valence-electron chi connectivity index (χ1n) is 8.30. The van der Waals surface area contributed by atoms with Crippen LogP contribution in [0.3, 0.4) is 0 Å². The molecule has 1 aromatic carbocycles. The van der Waals surface area contributed by atoms with Crippen molar-refractivity contribution in [1.29, 1.82) is 0 Å². The Kier molecular flexibility index (Phi) is 6.54. The Labute approximate surface area is 143 Å². The van der Waals surface area contributed by atoms with Gasteiger partial charge >= 0.3 is 5.97 Å². The summed E-state index contributed by atoms with van der Waals surface area (Å²) in [4.78, 5) is 16.6. The van der Waals surface area contributed by atoms with E-state index in [0.717, 1.165) is 51.3 Å². The van der Waals surface area contributed by atoms with Crippen LogP contribution >= 0.6 is 11.6 Å². The largest absolute Gasteiger partial charge is 0.462 e. The maximum absolute atomic E-state index is 12.0. The second-order valence-corrected chi connectivity index (χ2v) is 6.21. The number of carbonyl (C=O) groups excluding carboxylic acids is 1. The fourth-order valence-corrected chi connectivity index (χ4v) is 3.10. The number of benzene rings is 1. The molecule has 0 atom stereocenters. The number of piperazine rings is 1. The first-order valence-corrected chi connectivity index (χ1v) is 8.68. The fraction of sp³-hybridized carbons (Fsp3) is 0.588. The van der Waals surface area contributed by atoms with E-state index in [-0.39, 0.29) is 5.97 Å². The average Bonchev–Trinajstić information content (AvgIpc) is 2.55. The van der Waals surface area contributed by atoms with Crippen molar-refractivity contribution in [2.24, 2.45) is 0 Å². The molecule has 6 heteroatoms. The predicted octanol–water partition coefficient (Wildman–Crippen LogP) is 3.02. The van der Waals surface area contributed by atoms with Crippen LogP contribution in [-0.4, -0.2) is 50.2 Å². The topological polar surface area (TPSA) is 58.8 Å². The number of rotatable bonds is 6. The van der Waals surface area contributed by atoms with E-state index in [9.17, 15) is 4.79 Å². The van der Waals surface area contributed by atoms with E-state index in [1.54, 1.807) is 12.1 Å². The molecule has 0 aliphatic carbocycles. The molecule has 1 aliphatic heterocycles.